The molecule has 0 bridgehead atoms. The van der Waals surface area contributed by atoms with Crippen LogP contribution >= 0.6 is 0 Å². The van der Waals surface area contributed by atoms with Crippen molar-refractivity contribution >= 4 is 9.84 Å². The monoisotopic (exact) mass is 219 g/mol. The lowest BCUT2D eigenvalue weighted by Crippen LogP contribution is -2.45. The molecule has 2 unspecified atom stereocenters. The summed E-state index contributed by atoms with van der Waals surface area (Å²) < 4.78 is 22.1. The summed E-state index contributed by atoms with van der Waals surface area (Å²) in [5.74, 6) is 0.879. The predicted molar refractivity (Wildman–Crippen MR) is 58.9 cm³/mol. The van der Waals surface area contributed by atoms with Crippen LogP contribution < -0.4 is 5.73 Å². The van der Waals surface area contributed by atoms with E-state index < -0.39 is 9.84 Å². The minimum absolute atomic E-state index is 0.221. The Kier molecular flexibility index (Phi) is 3.58. The Morgan fingerprint density at radius 1 is 1.50 bits per heavy atom. The summed E-state index contributed by atoms with van der Waals surface area (Å²) in [5.41, 5.74) is 5.97. The second-order valence-corrected chi connectivity index (χ2v) is 7.20. The van der Waals surface area contributed by atoms with Crippen molar-refractivity contribution in [3.63, 3.8) is 0 Å². The fourth-order valence-electron chi connectivity index (χ4n) is 2.32. The Balaban J connectivity index is 2.49. The van der Waals surface area contributed by atoms with Crippen LogP contribution in [0, 0.1) is 5.92 Å². The van der Waals surface area contributed by atoms with Crippen molar-refractivity contribution in [3.8, 4) is 0 Å². The van der Waals surface area contributed by atoms with E-state index in [0.717, 1.165) is 19.3 Å². The highest BCUT2D eigenvalue weighted by Crippen LogP contribution is 2.32. The Hall–Kier alpha value is -0.0900. The molecule has 0 aromatic heterocycles. The second-order valence-electron chi connectivity index (χ2n) is 4.94. The number of hydrogen-bond acceptors (Lipinski definition) is 3. The Labute approximate surface area is 87.0 Å². The van der Waals surface area contributed by atoms with Gasteiger partial charge in [0.25, 0.3) is 0 Å². The lowest BCUT2D eigenvalue weighted by Gasteiger charge is -2.36. The minimum atomic E-state index is -2.86. The van der Waals surface area contributed by atoms with Crippen molar-refractivity contribution in [2.75, 3.05) is 12.0 Å². The van der Waals surface area contributed by atoms with E-state index in [-0.39, 0.29) is 11.3 Å². The number of hydrogen-bond donors (Lipinski definition) is 1. The highest BCUT2D eigenvalue weighted by atomic mass is 32.2. The van der Waals surface area contributed by atoms with Crippen LogP contribution in [-0.4, -0.2) is 26.0 Å². The van der Waals surface area contributed by atoms with E-state index in [2.05, 4.69) is 6.92 Å². The van der Waals surface area contributed by atoms with Gasteiger partial charge in [-0.05, 0) is 25.2 Å². The van der Waals surface area contributed by atoms with Gasteiger partial charge >= 0.3 is 0 Å². The fraction of sp³-hybridized carbons (Fsp3) is 1.00. The minimum Gasteiger partial charge on any atom is -0.325 e. The maximum atomic E-state index is 11.0. The number of nitrogens with two attached hydrogens (primary N) is 1. The van der Waals surface area contributed by atoms with Gasteiger partial charge in [0.15, 0.2) is 0 Å². The van der Waals surface area contributed by atoms with Crippen LogP contribution in [0.15, 0.2) is 0 Å². The normalized spacial score (nSPS) is 34.4. The molecule has 84 valence electrons. The molecule has 4 heteroatoms. The van der Waals surface area contributed by atoms with E-state index in [1.54, 1.807) is 0 Å². The molecule has 1 aliphatic carbocycles. The first-order valence-electron chi connectivity index (χ1n) is 5.27. The molecule has 1 saturated carbocycles. The zero-order valence-electron chi connectivity index (χ0n) is 9.12. The Morgan fingerprint density at radius 3 is 2.64 bits per heavy atom. The highest BCUT2D eigenvalue weighted by Gasteiger charge is 2.31. The summed E-state index contributed by atoms with van der Waals surface area (Å²) in [4.78, 5) is 0. The predicted octanol–water partition coefficient (Wildman–Crippen LogP) is 1.33. The van der Waals surface area contributed by atoms with E-state index in [4.69, 9.17) is 5.73 Å². The van der Waals surface area contributed by atoms with Crippen molar-refractivity contribution in [2.45, 2.75) is 44.6 Å². The van der Waals surface area contributed by atoms with Crippen molar-refractivity contribution < 1.29 is 8.42 Å². The van der Waals surface area contributed by atoms with Gasteiger partial charge in [0.1, 0.15) is 9.84 Å². The molecule has 0 saturated heterocycles. The Bertz CT molecular complexity index is 286. The van der Waals surface area contributed by atoms with Crippen LogP contribution in [0.3, 0.4) is 0 Å². The van der Waals surface area contributed by atoms with Gasteiger partial charge < -0.3 is 5.73 Å². The van der Waals surface area contributed by atoms with Crippen LogP contribution in [0.2, 0.25) is 0 Å². The molecule has 0 spiro atoms. The molecule has 2 N–H and O–H groups in total. The van der Waals surface area contributed by atoms with Gasteiger partial charge in [0.05, 0.1) is 5.75 Å². The molecule has 0 aliphatic heterocycles. The SMILES string of the molecule is CC1CCCC(N)(CCS(C)(=O)=O)C1. The van der Waals surface area contributed by atoms with Gasteiger partial charge in [-0.1, -0.05) is 19.8 Å². The van der Waals surface area contributed by atoms with E-state index in [9.17, 15) is 8.42 Å². The Morgan fingerprint density at radius 2 is 2.14 bits per heavy atom. The van der Waals surface area contributed by atoms with Crippen LogP contribution in [0.1, 0.15) is 39.0 Å². The molecule has 0 aromatic rings. The van der Waals surface area contributed by atoms with Crippen LogP contribution in [0.25, 0.3) is 0 Å². The zero-order chi connectivity index (χ0) is 10.8. The standard InChI is InChI=1S/C10H21NO2S/c1-9-4-3-5-10(11,8-9)6-7-14(2,12)13/h9H,3-8,11H2,1-2H3. The third-order valence-corrected chi connectivity index (χ3v) is 4.04. The van der Waals surface area contributed by atoms with E-state index >= 15 is 0 Å². The number of sulfone groups is 1. The van der Waals surface area contributed by atoms with Crippen molar-refractivity contribution in [2.24, 2.45) is 11.7 Å². The zero-order valence-corrected chi connectivity index (χ0v) is 9.94. The largest absolute Gasteiger partial charge is 0.325 e. The summed E-state index contributed by atoms with van der Waals surface area (Å²) in [7, 11) is -2.86. The summed E-state index contributed by atoms with van der Waals surface area (Å²) in [6, 6.07) is 0. The maximum Gasteiger partial charge on any atom is 0.147 e. The lowest BCUT2D eigenvalue weighted by molar-refractivity contribution is 0.231. The fourth-order valence-corrected chi connectivity index (χ4v) is 3.09. The molecule has 3 nitrogen and oxygen atoms in total. The van der Waals surface area contributed by atoms with E-state index in [1.807, 2.05) is 0 Å². The second kappa shape index (κ2) is 4.19. The topological polar surface area (TPSA) is 60.2 Å². The van der Waals surface area contributed by atoms with E-state index in [1.165, 1.54) is 12.7 Å². The van der Waals surface area contributed by atoms with Gasteiger partial charge in [0, 0.05) is 11.8 Å². The van der Waals surface area contributed by atoms with Crippen molar-refractivity contribution in [3.05, 3.63) is 0 Å². The molecule has 2 atom stereocenters. The third-order valence-electron chi connectivity index (χ3n) is 3.10. The molecule has 1 fully saturated rings. The molecule has 1 rings (SSSR count). The first-order valence-corrected chi connectivity index (χ1v) is 7.33. The van der Waals surface area contributed by atoms with Gasteiger partial charge in [-0.25, -0.2) is 8.42 Å². The van der Waals surface area contributed by atoms with Crippen molar-refractivity contribution in [1.82, 2.24) is 0 Å². The molecule has 0 aromatic carbocycles. The van der Waals surface area contributed by atoms with Gasteiger partial charge in [0.2, 0.25) is 0 Å². The van der Waals surface area contributed by atoms with Crippen LogP contribution in [0.4, 0.5) is 0 Å². The van der Waals surface area contributed by atoms with Gasteiger partial charge in [-0.2, -0.15) is 0 Å². The summed E-state index contributed by atoms with van der Waals surface area (Å²) in [6.07, 6.45) is 6.23. The quantitative estimate of drug-likeness (QED) is 0.779. The first kappa shape index (κ1) is 12.0. The lowest BCUT2D eigenvalue weighted by atomic mass is 9.76. The summed E-state index contributed by atoms with van der Waals surface area (Å²) >= 11 is 0. The molecule has 1 aliphatic rings. The van der Waals surface area contributed by atoms with Gasteiger partial charge in [-0.3, -0.25) is 0 Å². The number of rotatable bonds is 3. The smallest absolute Gasteiger partial charge is 0.147 e. The summed E-state index contributed by atoms with van der Waals surface area (Å²) in [5, 5.41) is 0. The van der Waals surface area contributed by atoms with Gasteiger partial charge in [-0.15, -0.1) is 0 Å². The molecule has 0 amide bonds. The maximum absolute atomic E-state index is 11.0. The highest BCUT2D eigenvalue weighted by molar-refractivity contribution is 7.90. The molecular weight excluding hydrogens is 198 g/mol. The molecule has 0 radical (unpaired) electrons. The first-order chi connectivity index (χ1) is 6.31. The van der Waals surface area contributed by atoms with E-state index in [0.29, 0.717) is 12.3 Å². The van der Waals surface area contributed by atoms with Crippen LogP contribution in [0.5, 0.6) is 0 Å². The van der Waals surface area contributed by atoms with Crippen LogP contribution in [-0.2, 0) is 9.84 Å². The average Bonchev–Trinajstić information content (AvgIpc) is 1.99. The molecular formula is C10H21NO2S. The average molecular weight is 219 g/mol. The van der Waals surface area contributed by atoms with Crippen molar-refractivity contribution in [1.29, 1.82) is 0 Å². The molecule has 0 heterocycles. The molecule has 14 heavy (non-hydrogen) atoms. The third kappa shape index (κ3) is 3.96. The summed E-state index contributed by atoms with van der Waals surface area (Å²) in [6.45, 7) is 2.20.